The van der Waals surface area contributed by atoms with Crippen LogP contribution in [0.4, 0.5) is 5.69 Å². The van der Waals surface area contributed by atoms with Crippen LogP contribution in [0.3, 0.4) is 0 Å². The quantitative estimate of drug-likeness (QED) is 0.745. The van der Waals surface area contributed by atoms with Crippen molar-refractivity contribution in [3.05, 3.63) is 59.5 Å². The topological polar surface area (TPSA) is 58.3 Å². The molecule has 0 spiro atoms. The molecular formula is C18H20N2O2. The second-order valence-corrected chi connectivity index (χ2v) is 5.41. The minimum absolute atomic E-state index is 0.0608. The van der Waals surface area contributed by atoms with Crippen LogP contribution in [0.1, 0.15) is 36.9 Å². The van der Waals surface area contributed by atoms with Crippen molar-refractivity contribution in [2.45, 2.75) is 32.9 Å². The SMILES string of the molecule is CCc1nc2cc(NC(C)c3cccc(CO)c3)ccc2o1. The van der Waals surface area contributed by atoms with E-state index in [9.17, 15) is 5.11 Å². The lowest BCUT2D eigenvalue weighted by molar-refractivity contribution is 0.281. The zero-order chi connectivity index (χ0) is 15.5. The number of anilines is 1. The van der Waals surface area contributed by atoms with Crippen LogP contribution in [-0.4, -0.2) is 10.1 Å². The Morgan fingerprint density at radius 2 is 2.09 bits per heavy atom. The van der Waals surface area contributed by atoms with Crippen molar-refractivity contribution in [1.82, 2.24) is 4.98 Å². The number of nitrogens with zero attached hydrogens (tertiary/aromatic N) is 1. The number of nitrogens with one attached hydrogen (secondary N) is 1. The van der Waals surface area contributed by atoms with Crippen molar-refractivity contribution >= 4 is 16.8 Å². The molecule has 0 bridgehead atoms. The third-order valence-corrected chi connectivity index (χ3v) is 3.75. The summed E-state index contributed by atoms with van der Waals surface area (Å²) in [5.74, 6) is 0.760. The standard InChI is InChI=1S/C18H20N2O2/c1-3-18-20-16-10-15(7-8-17(16)22-18)19-12(2)14-6-4-5-13(9-14)11-21/h4-10,12,19,21H,3,11H2,1-2H3. The number of aliphatic hydroxyl groups is 1. The van der Waals surface area contributed by atoms with Gasteiger partial charge < -0.3 is 14.8 Å². The molecule has 3 aromatic rings. The van der Waals surface area contributed by atoms with Gasteiger partial charge in [0.05, 0.1) is 6.61 Å². The summed E-state index contributed by atoms with van der Waals surface area (Å²) < 4.78 is 5.63. The molecule has 2 aromatic carbocycles. The average molecular weight is 296 g/mol. The van der Waals surface area contributed by atoms with Crippen LogP contribution in [0, 0.1) is 0 Å². The first-order valence-electron chi connectivity index (χ1n) is 7.55. The first kappa shape index (κ1) is 14.6. The van der Waals surface area contributed by atoms with Gasteiger partial charge in [0.2, 0.25) is 0 Å². The Labute approximate surface area is 129 Å². The molecule has 4 nitrogen and oxygen atoms in total. The number of rotatable bonds is 5. The van der Waals surface area contributed by atoms with Gasteiger partial charge in [0, 0.05) is 18.2 Å². The van der Waals surface area contributed by atoms with Gasteiger partial charge in [-0.2, -0.15) is 0 Å². The van der Waals surface area contributed by atoms with Crippen molar-refractivity contribution in [2.75, 3.05) is 5.32 Å². The van der Waals surface area contributed by atoms with E-state index < -0.39 is 0 Å². The third-order valence-electron chi connectivity index (χ3n) is 3.75. The maximum atomic E-state index is 9.24. The van der Waals surface area contributed by atoms with Crippen LogP contribution in [0.2, 0.25) is 0 Å². The summed E-state index contributed by atoms with van der Waals surface area (Å²) in [6.07, 6.45) is 0.793. The van der Waals surface area contributed by atoms with Gasteiger partial charge in [-0.15, -0.1) is 0 Å². The lowest BCUT2D eigenvalue weighted by Crippen LogP contribution is -2.06. The predicted molar refractivity (Wildman–Crippen MR) is 87.8 cm³/mol. The molecule has 1 unspecified atom stereocenters. The monoisotopic (exact) mass is 296 g/mol. The molecule has 3 rings (SSSR count). The number of aliphatic hydroxyl groups excluding tert-OH is 1. The molecule has 0 fully saturated rings. The first-order valence-corrected chi connectivity index (χ1v) is 7.55. The largest absolute Gasteiger partial charge is 0.441 e. The van der Waals surface area contributed by atoms with E-state index in [2.05, 4.69) is 23.3 Å². The van der Waals surface area contributed by atoms with Gasteiger partial charge in [-0.25, -0.2) is 4.98 Å². The summed E-state index contributed by atoms with van der Waals surface area (Å²) in [4.78, 5) is 4.46. The Hall–Kier alpha value is -2.33. The van der Waals surface area contributed by atoms with Crippen LogP contribution < -0.4 is 5.32 Å². The van der Waals surface area contributed by atoms with E-state index >= 15 is 0 Å². The van der Waals surface area contributed by atoms with Gasteiger partial charge >= 0.3 is 0 Å². The number of fused-ring (bicyclic) bond motifs is 1. The van der Waals surface area contributed by atoms with Gasteiger partial charge in [-0.3, -0.25) is 0 Å². The molecule has 22 heavy (non-hydrogen) atoms. The first-order chi connectivity index (χ1) is 10.7. The zero-order valence-electron chi connectivity index (χ0n) is 12.8. The highest BCUT2D eigenvalue weighted by molar-refractivity contribution is 5.77. The Bertz CT molecular complexity index is 780. The van der Waals surface area contributed by atoms with Crippen molar-refractivity contribution in [3.63, 3.8) is 0 Å². The van der Waals surface area contributed by atoms with E-state index in [1.54, 1.807) is 0 Å². The van der Waals surface area contributed by atoms with E-state index in [0.29, 0.717) is 0 Å². The van der Waals surface area contributed by atoms with Gasteiger partial charge in [0.15, 0.2) is 11.5 Å². The van der Waals surface area contributed by atoms with Crippen LogP contribution in [0.15, 0.2) is 46.9 Å². The minimum atomic E-state index is 0.0608. The molecule has 0 saturated heterocycles. The van der Waals surface area contributed by atoms with E-state index in [0.717, 1.165) is 40.2 Å². The molecule has 0 amide bonds. The molecule has 0 radical (unpaired) electrons. The number of benzene rings is 2. The summed E-state index contributed by atoms with van der Waals surface area (Å²) in [5.41, 5.74) is 4.76. The van der Waals surface area contributed by atoms with Crippen molar-refractivity contribution in [3.8, 4) is 0 Å². The van der Waals surface area contributed by atoms with Gasteiger partial charge in [0.25, 0.3) is 0 Å². The van der Waals surface area contributed by atoms with Crippen molar-refractivity contribution < 1.29 is 9.52 Å². The second-order valence-electron chi connectivity index (χ2n) is 5.41. The zero-order valence-corrected chi connectivity index (χ0v) is 12.8. The van der Waals surface area contributed by atoms with Crippen LogP contribution in [0.5, 0.6) is 0 Å². The predicted octanol–water partition coefficient (Wildman–Crippen LogP) is 4.06. The summed E-state index contributed by atoms with van der Waals surface area (Å²) in [6, 6.07) is 14.0. The molecule has 0 aliphatic heterocycles. The van der Waals surface area contributed by atoms with E-state index in [1.165, 1.54) is 0 Å². The lowest BCUT2D eigenvalue weighted by Gasteiger charge is -2.16. The fourth-order valence-corrected chi connectivity index (χ4v) is 2.51. The Morgan fingerprint density at radius 1 is 1.23 bits per heavy atom. The van der Waals surface area contributed by atoms with Crippen LogP contribution >= 0.6 is 0 Å². The lowest BCUT2D eigenvalue weighted by atomic mass is 10.1. The van der Waals surface area contributed by atoms with Crippen LogP contribution in [0.25, 0.3) is 11.1 Å². The fraction of sp³-hybridized carbons (Fsp3) is 0.278. The maximum absolute atomic E-state index is 9.24. The molecule has 0 saturated carbocycles. The number of hydrogen-bond acceptors (Lipinski definition) is 4. The Morgan fingerprint density at radius 3 is 2.86 bits per heavy atom. The number of hydrogen-bond donors (Lipinski definition) is 2. The second kappa shape index (κ2) is 6.20. The van der Waals surface area contributed by atoms with Gasteiger partial charge in [-0.1, -0.05) is 31.2 Å². The smallest absolute Gasteiger partial charge is 0.195 e. The van der Waals surface area contributed by atoms with E-state index in [1.807, 2.05) is 43.3 Å². The highest BCUT2D eigenvalue weighted by atomic mass is 16.3. The van der Waals surface area contributed by atoms with Crippen molar-refractivity contribution in [1.29, 1.82) is 0 Å². The molecule has 0 aliphatic carbocycles. The summed E-state index contributed by atoms with van der Waals surface area (Å²) in [7, 11) is 0. The molecule has 2 N–H and O–H groups in total. The minimum Gasteiger partial charge on any atom is -0.441 e. The molecule has 114 valence electrons. The summed E-state index contributed by atoms with van der Waals surface area (Å²) >= 11 is 0. The molecule has 1 atom stereocenters. The molecule has 4 heteroatoms. The Kier molecular flexibility index (Phi) is 4.11. The van der Waals surface area contributed by atoms with Gasteiger partial charge in [-0.05, 0) is 36.2 Å². The number of aryl methyl sites for hydroxylation is 1. The van der Waals surface area contributed by atoms with Crippen LogP contribution in [-0.2, 0) is 13.0 Å². The number of oxazole rings is 1. The summed E-state index contributed by atoms with van der Waals surface area (Å²) in [5, 5.41) is 12.7. The molecule has 1 heterocycles. The van der Waals surface area contributed by atoms with E-state index in [-0.39, 0.29) is 12.6 Å². The molecule has 1 aromatic heterocycles. The fourth-order valence-electron chi connectivity index (χ4n) is 2.51. The molecule has 0 aliphatic rings. The summed E-state index contributed by atoms with van der Waals surface area (Å²) in [6.45, 7) is 4.19. The third kappa shape index (κ3) is 2.97. The molecular weight excluding hydrogens is 276 g/mol. The normalized spacial score (nSPS) is 12.5. The van der Waals surface area contributed by atoms with Crippen molar-refractivity contribution in [2.24, 2.45) is 0 Å². The highest BCUT2D eigenvalue weighted by Gasteiger charge is 2.09. The van der Waals surface area contributed by atoms with Gasteiger partial charge in [0.1, 0.15) is 5.52 Å². The highest BCUT2D eigenvalue weighted by Crippen LogP contribution is 2.24. The Balaban J connectivity index is 1.82. The average Bonchev–Trinajstić information content (AvgIpc) is 2.97. The maximum Gasteiger partial charge on any atom is 0.195 e. The number of aromatic nitrogens is 1. The van der Waals surface area contributed by atoms with E-state index in [4.69, 9.17) is 4.42 Å².